The van der Waals surface area contributed by atoms with Gasteiger partial charge in [0.15, 0.2) is 0 Å². The van der Waals surface area contributed by atoms with Crippen molar-refractivity contribution in [3.63, 3.8) is 0 Å². The first-order valence-corrected chi connectivity index (χ1v) is 7.86. The molecule has 0 unspecified atom stereocenters. The van der Waals surface area contributed by atoms with Crippen molar-refractivity contribution in [2.24, 2.45) is 0 Å². The smallest absolute Gasteiger partial charge is 0.0488 e. The van der Waals surface area contributed by atoms with E-state index in [9.17, 15) is 0 Å². The number of hydrogen-bond donors (Lipinski definition) is 0. The summed E-state index contributed by atoms with van der Waals surface area (Å²) in [5.41, 5.74) is 2.19. The molecule has 2 nitrogen and oxygen atoms in total. The van der Waals surface area contributed by atoms with E-state index in [0.717, 1.165) is 17.1 Å². The van der Waals surface area contributed by atoms with E-state index in [2.05, 4.69) is 29.8 Å². The molecule has 106 valence electrons. The molecule has 1 aromatic carbocycles. The lowest BCUT2D eigenvalue weighted by molar-refractivity contribution is 0.221. The van der Waals surface area contributed by atoms with E-state index in [0.29, 0.717) is 11.9 Å². The second-order valence-corrected chi connectivity index (χ2v) is 5.86. The van der Waals surface area contributed by atoms with Crippen LogP contribution in [0.2, 0.25) is 5.02 Å². The third-order valence-electron chi connectivity index (χ3n) is 4.14. The zero-order chi connectivity index (χ0) is 13.8. The average Bonchev–Trinajstić information content (AvgIpc) is 2.46. The van der Waals surface area contributed by atoms with Crippen LogP contribution in [0.1, 0.15) is 25.3 Å². The first-order chi connectivity index (χ1) is 9.15. The molecule has 0 radical (unpaired) electrons. The van der Waals surface area contributed by atoms with Gasteiger partial charge >= 0.3 is 0 Å². The molecule has 1 aliphatic heterocycles. The van der Waals surface area contributed by atoms with Crippen molar-refractivity contribution in [1.82, 2.24) is 4.90 Å². The van der Waals surface area contributed by atoms with Crippen molar-refractivity contribution >= 4 is 28.9 Å². The first-order valence-electron chi connectivity index (χ1n) is 6.95. The molecule has 0 bridgehead atoms. The van der Waals surface area contributed by atoms with E-state index in [4.69, 9.17) is 23.2 Å². The van der Waals surface area contributed by atoms with Crippen LogP contribution in [0.15, 0.2) is 18.2 Å². The molecule has 19 heavy (non-hydrogen) atoms. The number of likely N-dealkylation sites (tertiary alicyclic amines) is 1. The second-order valence-electron chi connectivity index (χ2n) is 5.19. The Morgan fingerprint density at radius 1 is 1.32 bits per heavy atom. The van der Waals surface area contributed by atoms with Gasteiger partial charge in [-0.2, -0.15) is 0 Å². The van der Waals surface area contributed by atoms with Gasteiger partial charge in [0.25, 0.3) is 0 Å². The highest BCUT2D eigenvalue weighted by Gasteiger charge is 2.22. The lowest BCUT2D eigenvalue weighted by Crippen LogP contribution is -2.43. The predicted molar refractivity (Wildman–Crippen MR) is 84.5 cm³/mol. The predicted octanol–water partition coefficient (Wildman–Crippen LogP) is 4.00. The normalized spacial score (nSPS) is 17.7. The Morgan fingerprint density at radius 2 is 2.00 bits per heavy atom. The number of benzene rings is 1. The highest BCUT2D eigenvalue weighted by atomic mass is 35.5. The summed E-state index contributed by atoms with van der Waals surface area (Å²) in [7, 11) is 2.16. The second kappa shape index (κ2) is 6.83. The maximum Gasteiger partial charge on any atom is 0.0488 e. The minimum absolute atomic E-state index is 0.470. The van der Waals surface area contributed by atoms with Crippen LogP contribution in [0, 0.1) is 0 Å². The van der Waals surface area contributed by atoms with Crippen molar-refractivity contribution in [1.29, 1.82) is 0 Å². The molecule has 1 saturated heterocycles. The van der Waals surface area contributed by atoms with Gasteiger partial charge in [-0.25, -0.2) is 0 Å². The number of hydrogen-bond acceptors (Lipinski definition) is 2. The average molecular weight is 301 g/mol. The van der Waals surface area contributed by atoms with Gasteiger partial charge in [-0.3, -0.25) is 0 Å². The molecule has 1 aliphatic rings. The molecule has 2 rings (SSSR count). The van der Waals surface area contributed by atoms with E-state index in [1.54, 1.807) is 0 Å². The number of piperidine rings is 1. The topological polar surface area (TPSA) is 6.48 Å². The molecule has 1 fully saturated rings. The molecular weight excluding hydrogens is 279 g/mol. The standard InChI is InChI=1S/C15H22Cl2N2/c1-3-19-8-6-13(7-9-19)18(2)14-5-4-12(11-16)15(17)10-14/h4-5,10,13H,3,6-9,11H2,1-2H3. The summed E-state index contributed by atoms with van der Waals surface area (Å²) in [4.78, 5) is 4.87. The molecule has 0 atom stereocenters. The SMILES string of the molecule is CCN1CCC(N(C)c2ccc(CCl)c(Cl)c2)CC1. The fraction of sp³-hybridized carbons (Fsp3) is 0.600. The van der Waals surface area contributed by atoms with E-state index >= 15 is 0 Å². The van der Waals surface area contributed by atoms with Crippen LogP contribution >= 0.6 is 23.2 Å². The van der Waals surface area contributed by atoms with Crippen molar-refractivity contribution < 1.29 is 0 Å². The van der Waals surface area contributed by atoms with Crippen molar-refractivity contribution in [2.45, 2.75) is 31.7 Å². The summed E-state index contributed by atoms with van der Waals surface area (Å²) >= 11 is 12.1. The fourth-order valence-electron chi connectivity index (χ4n) is 2.70. The maximum atomic E-state index is 6.24. The molecule has 0 aromatic heterocycles. The van der Waals surface area contributed by atoms with Crippen LogP contribution in [0.4, 0.5) is 5.69 Å². The lowest BCUT2D eigenvalue weighted by Gasteiger charge is -2.37. The fourth-order valence-corrected chi connectivity index (χ4v) is 3.24. The van der Waals surface area contributed by atoms with Gasteiger partial charge in [-0.15, -0.1) is 11.6 Å². The monoisotopic (exact) mass is 300 g/mol. The largest absolute Gasteiger partial charge is 0.371 e. The molecule has 0 saturated carbocycles. The Balaban J connectivity index is 2.03. The zero-order valence-electron chi connectivity index (χ0n) is 11.7. The summed E-state index contributed by atoms with van der Waals surface area (Å²) in [6.07, 6.45) is 2.44. The Morgan fingerprint density at radius 3 is 2.53 bits per heavy atom. The minimum atomic E-state index is 0.470. The van der Waals surface area contributed by atoms with Gasteiger partial charge < -0.3 is 9.80 Å². The number of rotatable bonds is 4. The summed E-state index contributed by atoms with van der Waals surface area (Å²) in [5.74, 6) is 0.470. The van der Waals surface area contributed by atoms with E-state index in [1.807, 2.05) is 12.1 Å². The number of alkyl halides is 1. The summed E-state index contributed by atoms with van der Waals surface area (Å²) in [6, 6.07) is 6.80. The summed E-state index contributed by atoms with van der Waals surface area (Å²) < 4.78 is 0. The molecule has 1 aromatic rings. The van der Waals surface area contributed by atoms with Crippen LogP contribution in [0.25, 0.3) is 0 Å². The molecule has 4 heteroatoms. The van der Waals surface area contributed by atoms with Gasteiger partial charge in [0.1, 0.15) is 0 Å². The van der Waals surface area contributed by atoms with Gasteiger partial charge in [0, 0.05) is 42.8 Å². The Labute approximate surface area is 126 Å². The molecule has 0 N–H and O–H groups in total. The van der Waals surface area contributed by atoms with Crippen molar-refractivity contribution in [3.05, 3.63) is 28.8 Å². The number of halogens is 2. The molecule has 0 spiro atoms. The quantitative estimate of drug-likeness (QED) is 0.776. The van der Waals surface area contributed by atoms with Crippen molar-refractivity contribution in [2.75, 3.05) is 31.6 Å². The van der Waals surface area contributed by atoms with E-state index in [-0.39, 0.29) is 0 Å². The van der Waals surface area contributed by atoms with Crippen molar-refractivity contribution in [3.8, 4) is 0 Å². The Hall–Kier alpha value is -0.440. The van der Waals surface area contributed by atoms with Crippen LogP contribution in [0.3, 0.4) is 0 Å². The maximum absolute atomic E-state index is 6.24. The third kappa shape index (κ3) is 3.56. The Bertz CT molecular complexity index is 415. The van der Waals surface area contributed by atoms with Gasteiger partial charge in [-0.05, 0) is 37.1 Å². The van der Waals surface area contributed by atoms with Crippen LogP contribution in [0.5, 0.6) is 0 Å². The molecule has 0 amide bonds. The summed E-state index contributed by atoms with van der Waals surface area (Å²) in [6.45, 7) is 5.78. The number of anilines is 1. The lowest BCUT2D eigenvalue weighted by atomic mass is 10.0. The van der Waals surface area contributed by atoms with Crippen LogP contribution < -0.4 is 4.90 Å². The van der Waals surface area contributed by atoms with Gasteiger partial charge in [-0.1, -0.05) is 24.6 Å². The molecular formula is C15H22Cl2N2. The molecule has 1 heterocycles. The highest BCUT2D eigenvalue weighted by Crippen LogP contribution is 2.27. The minimum Gasteiger partial charge on any atom is -0.371 e. The zero-order valence-corrected chi connectivity index (χ0v) is 13.2. The van der Waals surface area contributed by atoms with E-state index in [1.165, 1.54) is 31.6 Å². The van der Waals surface area contributed by atoms with Crippen LogP contribution in [-0.2, 0) is 5.88 Å². The van der Waals surface area contributed by atoms with Crippen LogP contribution in [-0.4, -0.2) is 37.6 Å². The Kier molecular flexibility index (Phi) is 5.37. The molecule has 0 aliphatic carbocycles. The first kappa shape index (κ1) is 15.0. The van der Waals surface area contributed by atoms with Gasteiger partial charge in [0.05, 0.1) is 0 Å². The third-order valence-corrected chi connectivity index (χ3v) is 4.78. The van der Waals surface area contributed by atoms with Gasteiger partial charge in [0.2, 0.25) is 0 Å². The highest BCUT2D eigenvalue weighted by molar-refractivity contribution is 6.32. The summed E-state index contributed by atoms with van der Waals surface area (Å²) in [5, 5.41) is 0.769. The number of nitrogens with zero attached hydrogens (tertiary/aromatic N) is 2. The van der Waals surface area contributed by atoms with E-state index < -0.39 is 0 Å².